The van der Waals surface area contributed by atoms with Gasteiger partial charge in [0.15, 0.2) is 0 Å². The molecule has 3 N–H and O–H groups in total. The fraction of sp³-hybridized carbons (Fsp3) is 0.727. The van der Waals surface area contributed by atoms with Gasteiger partial charge in [-0.1, -0.05) is 13.8 Å². The largest absolute Gasteiger partial charge is 0.464 e. The van der Waals surface area contributed by atoms with Gasteiger partial charge in [-0.05, 0) is 25.7 Å². The number of ether oxygens (including phenoxy) is 2. The summed E-state index contributed by atoms with van der Waals surface area (Å²) in [5.41, 5.74) is 2.35. The van der Waals surface area contributed by atoms with Crippen LogP contribution in [-0.2, 0) is 0 Å². The Hall–Kier alpha value is -1.63. The maximum absolute atomic E-state index is 5.45. The van der Waals surface area contributed by atoms with Crippen LogP contribution in [0.3, 0.4) is 0 Å². The third kappa shape index (κ3) is 5.13. The van der Waals surface area contributed by atoms with Gasteiger partial charge in [0.05, 0.1) is 13.2 Å². The number of rotatable bonds is 8. The van der Waals surface area contributed by atoms with E-state index in [1.165, 1.54) is 0 Å². The second-order valence-corrected chi connectivity index (χ2v) is 4.19. The van der Waals surface area contributed by atoms with Crippen molar-refractivity contribution in [2.24, 2.45) is 11.8 Å². The summed E-state index contributed by atoms with van der Waals surface area (Å²) in [6, 6.07) is 0.435. The Labute approximate surface area is 107 Å². The van der Waals surface area contributed by atoms with Gasteiger partial charge < -0.3 is 9.47 Å². The maximum Gasteiger partial charge on any atom is 0.324 e. The summed E-state index contributed by atoms with van der Waals surface area (Å²) in [5.74, 6) is 6.15. The molecule has 1 heterocycles. The van der Waals surface area contributed by atoms with Gasteiger partial charge in [-0.2, -0.15) is 9.97 Å². The number of hydrogen-bond acceptors (Lipinski definition) is 7. The lowest BCUT2D eigenvalue weighted by Gasteiger charge is -2.08. The topological polar surface area (TPSA) is 95.2 Å². The van der Waals surface area contributed by atoms with Gasteiger partial charge in [-0.3, -0.25) is 5.43 Å². The van der Waals surface area contributed by atoms with Crippen LogP contribution in [0, 0.1) is 5.92 Å². The second-order valence-electron chi connectivity index (χ2n) is 4.19. The number of aromatic nitrogens is 3. The van der Waals surface area contributed by atoms with Gasteiger partial charge in [0, 0.05) is 0 Å². The Bertz CT molecular complexity index is 359. The summed E-state index contributed by atoms with van der Waals surface area (Å²) in [6.45, 7) is 7.24. The summed E-state index contributed by atoms with van der Waals surface area (Å²) in [6.07, 6.45) is 2.06. The van der Waals surface area contributed by atoms with E-state index >= 15 is 0 Å². The zero-order chi connectivity index (χ0) is 13.4. The zero-order valence-corrected chi connectivity index (χ0v) is 11.1. The zero-order valence-electron chi connectivity index (χ0n) is 11.1. The highest BCUT2D eigenvalue weighted by Crippen LogP contribution is 2.13. The lowest BCUT2D eigenvalue weighted by atomic mass is 10.1. The Balaban J connectivity index is 2.55. The monoisotopic (exact) mass is 255 g/mol. The van der Waals surface area contributed by atoms with Crippen molar-refractivity contribution in [1.82, 2.24) is 15.0 Å². The number of anilines is 1. The predicted octanol–water partition coefficient (Wildman–Crippen LogP) is 1.37. The fourth-order valence-corrected chi connectivity index (χ4v) is 1.32. The molecule has 0 aliphatic carbocycles. The average molecular weight is 255 g/mol. The Kier molecular flexibility index (Phi) is 6.13. The molecule has 0 spiro atoms. The SMILES string of the molecule is CCOc1nc(NN)nc(OCCCC(C)C)n1. The molecule has 1 rings (SSSR count). The normalized spacial score (nSPS) is 10.5. The van der Waals surface area contributed by atoms with Crippen LogP contribution in [0.1, 0.15) is 33.6 Å². The summed E-state index contributed by atoms with van der Waals surface area (Å²) >= 11 is 0. The Morgan fingerprint density at radius 3 is 2.39 bits per heavy atom. The van der Waals surface area contributed by atoms with Crippen molar-refractivity contribution in [3.63, 3.8) is 0 Å². The molecule has 0 aliphatic heterocycles. The van der Waals surface area contributed by atoms with Crippen LogP contribution in [-0.4, -0.2) is 28.2 Å². The van der Waals surface area contributed by atoms with Gasteiger partial charge in [0.1, 0.15) is 0 Å². The predicted molar refractivity (Wildman–Crippen MR) is 68.4 cm³/mol. The number of hydrogen-bond donors (Lipinski definition) is 2. The maximum atomic E-state index is 5.45. The first-order valence-corrected chi connectivity index (χ1v) is 6.14. The molecular formula is C11H21N5O2. The smallest absolute Gasteiger partial charge is 0.324 e. The van der Waals surface area contributed by atoms with Crippen LogP contribution in [0.25, 0.3) is 0 Å². The third-order valence-electron chi connectivity index (χ3n) is 2.15. The highest BCUT2D eigenvalue weighted by Gasteiger charge is 2.07. The van der Waals surface area contributed by atoms with Crippen molar-refractivity contribution in [3.05, 3.63) is 0 Å². The van der Waals surface area contributed by atoms with E-state index in [-0.39, 0.29) is 18.0 Å². The van der Waals surface area contributed by atoms with Crippen LogP contribution in [0.2, 0.25) is 0 Å². The van der Waals surface area contributed by atoms with E-state index in [1.54, 1.807) is 0 Å². The average Bonchev–Trinajstić information content (AvgIpc) is 2.34. The molecule has 7 heteroatoms. The molecule has 0 aliphatic rings. The minimum absolute atomic E-state index is 0.208. The molecule has 102 valence electrons. The summed E-state index contributed by atoms with van der Waals surface area (Å²) in [4.78, 5) is 12.0. The number of nitrogens with zero attached hydrogens (tertiary/aromatic N) is 3. The van der Waals surface area contributed by atoms with Gasteiger partial charge in [-0.25, -0.2) is 5.84 Å². The second kappa shape index (κ2) is 7.65. The quantitative estimate of drug-likeness (QED) is 0.411. The minimum Gasteiger partial charge on any atom is -0.464 e. The molecule has 0 fully saturated rings. The molecule has 0 unspecified atom stereocenters. The first-order valence-electron chi connectivity index (χ1n) is 6.14. The number of hydrazine groups is 1. The molecule has 0 bridgehead atoms. The van der Waals surface area contributed by atoms with Crippen molar-refractivity contribution in [3.8, 4) is 12.0 Å². The van der Waals surface area contributed by atoms with Crippen LogP contribution >= 0.6 is 0 Å². The van der Waals surface area contributed by atoms with Crippen molar-refractivity contribution in [2.75, 3.05) is 18.6 Å². The van der Waals surface area contributed by atoms with Gasteiger partial charge >= 0.3 is 12.0 Å². The molecule has 1 aromatic heterocycles. The third-order valence-corrected chi connectivity index (χ3v) is 2.15. The first-order chi connectivity index (χ1) is 8.65. The van der Waals surface area contributed by atoms with E-state index in [0.29, 0.717) is 19.1 Å². The van der Waals surface area contributed by atoms with Gasteiger partial charge in [0.25, 0.3) is 0 Å². The van der Waals surface area contributed by atoms with Crippen molar-refractivity contribution < 1.29 is 9.47 Å². The molecule has 18 heavy (non-hydrogen) atoms. The Morgan fingerprint density at radius 1 is 1.17 bits per heavy atom. The standard InChI is InChI=1S/C11H21N5O2/c1-4-17-10-13-9(16-12)14-11(15-10)18-7-5-6-8(2)3/h8H,4-7,12H2,1-3H3,(H,13,14,15,16). The molecule has 0 radical (unpaired) electrons. The lowest BCUT2D eigenvalue weighted by Crippen LogP contribution is -2.13. The van der Waals surface area contributed by atoms with Crippen molar-refractivity contribution >= 4 is 5.95 Å². The van der Waals surface area contributed by atoms with Crippen LogP contribution < -0.4 is 20.7 Å². The molecular weight excluding hydrogens is 234 g/mol. The van der Waals surface area contributed by atoms with Crippen LogP contribution in [0.4, 0.5) is 5.95 Å². The van der Waals surface area contributed by atoms with Crippen molar-refractivity contribution in [2.45, 2.75) is 33.6 Å². The summed E-state index contributed by atoms with van der Waals surface area (Å²) in [7, 11) is 0. The van der Waals surface area contributed by atoms with Gasteiger partial charge in [0.2, 0.25) is 5.95 Å². The van der Waals surface area contributed by atoms with Gasteiger partial charge in [-0.15, -0.1) is 4.98 Å². The van der Waals surface area contributed by atoms with E-state index in [9.17, 15) is 0 Å². The van der Waals surface area contributed by atoms with E-state index in [1.807, 2.05) is 6.92 Å². The molecule has 0 saturated carbocycles. The van der Waals surface area contributed by atoms with E-state index in [0.717, 1.165) is 12.8 Å². The molecule has 1 aromatic rings. The Morgan fingerprint density at radius 2 is 1.83 bits per heavy atom. The van der Waals surface area contributed by atoms with Crippen LogP contribution in [0.15, 0.2) is 0 Å². The lowest BCUT2D eigenvalue weighted by molar-refractivity contribution is 0.259. The number of nitrogen functional groups attached to an aromatic ring is 1. The van der Waals surface area contributed by atoms with E-state index in [2.05, 4.69) is 34.2 Å². The van der Waals surface area contributed by atoms with Crippen LogP contribution in [0.5, 0.6) is 12.0 Å². The molecule has 0 aromatic carbocycles. The summed E-state index contributed by atoms with van der Waals surface area (Å²) in [5, 5.41) is 0. The minimum atomic E-state index is 0.208. The fourth-order valence-electron chi connectivity index (χ4n) is 1.32. The summed E-state index contributed by atoms with van der Waals surface area (Å²) < 4.78 is 10.6. The molecule has 0 saturated heterocycles. The molecule has 7 nitrogen and oxygen atoms in total. The van der Waals surface area contributed by atoms with E-state index in [4.69, 9.17) is 15.3 Å². The highest BCUT2D eigenvalue weighted by molar-refractivity contribution is 5.25. The number of nitrogens with two attached hydrogens (primary N) is 1. The molecule has 0 atom stereocenters. The first kappa shape index (κ1) is 14.4. The molecule has 0 amide bonds. The van der Waals surface area contributed by atoms with E-state index < -0.39 is 0 Å². The number of nitrogens with one attached hydrogen (secondary N) is 1. The van der Waals surface area contributed by atoms with Crippen molar-refractivity contribution in [1.29, 1.82) is 0 Å². The highest BCUT2D eigenvalue weighted by atomic mass is 16.5.